The van der Waals surface area contributed by atoms with Crippen LogP contribution in [-0.4, -0.2) is 39.7 Å². The predicted molar refractivity (Wildman–Crippen MR) is 114 cm³/mol. The highest BCUT2D eigenvalue weighted by Crippen LogP contribution is 2.36. The number of anilines is 1. The summed E-state index contributed by atoms with van der Waals surface area (Å²) in [6.07, 6.45) is 4.07. The number of aromatic nitrogens is 1. The number of benzene rings is 1. The number of nitrogens with zero attached hydrogens (tertiary/aromatic N) is 3. The lowest BCUT2D eigenvalue weighted by molar-refractivity contribution is 0.0964. The van der Waals surface area contributed by atoms with E-state index in [1.807, 2.05) is 6.07 Å². The van der Waals surface area contributed by atoms with Gasteiger partial charge in [-0.3, -0.25) is 9.10 Å². The van der Waals surface area contributed by atoms with E-state index in [2.05, 4.69) is 10.3 Å². The fourth-order valence-corrected chi connectivity index (χ4v) is 3.50. The monoisotopic (exact) mass is 442 g/mol. The van der Waals surface area contributed by atoms with Gasteiger partial charge in [0.2, 0.25) is 15.7 Å². The molecule has 1 aromatic carbocycles. The molecule has 0 aliphatic heterocycles. The Kier molecular flexibility index (Phi) is 6.08. The Hall–Kier alpha value is -3.71. The number of allylic oxidation sites excluding steroid dienone is 2. The number of hydrogen-bond acceptors (Lipinski definition) is 6. The lowest BCUT2D eigenvalue weighted by atomic mass is 10.0. The molecule has 160 valence electrons. The topological polar surface area (TPSA) is 116 Å². The van der Waals surface area contributed by atoms with E-state index >= 15 is 0 Å². The molecule has 0 atom stereocenters. The van der Waals surface area contributed by atoms with Crippen LogP contribution >= 0.6 is 0 Å². The first-order chi connectivity index (χ1) is 14.7. The molecule has 2 heterocycles. The third kappa shape index (κ3) is 4.41. The molecule has 1 N–H and O–H groups in total. The molecule has 0 radical (unpaired) electrons. The van der Waals surface area contributed by atoms with Gasteiger partial charge in [-0.25, -0.2) is 12.8 Å². The van der Waals surface area contributed by atoms with Crippen molar-refractivity contribution in [3.05, 3.63) is 59.4 Å². The first-order valence-electron chi connectivity index (χ1n) is 9.10. The summed E-state index contributed by atoms with van der Waals surface area (Å²) in [4.78, 5) is 17.0. The standard InChI is InChI=1S/C21H19FN4O4S/c1-24-20(27)17-16-12-14(6-4-5-11-23)19(26(2)31(3,28)29)25-21(16)30-18(17)13-7-9-15(22)10-8-13/h4-5,7-10,12H,6H2,1-3H3,(H,24,27). The molecule has 0 spiro atoms. The SMILES string of the molecule is CNC(=O)c1c(-c2ccc(F)cc2)oc2nc(N(C)S(C)(=O)=O)c(CC=CC#N)cc12. The number of halogens is 1. The van der Waals surface area contributed by atoms with E-state index in [-0.39, 0.29) is 29.3 Å². The minimum absolute atomic E-state index is 0.0523. The molecule has 0 saturated carbocycles. The second-order valence-corrected chi connectivity index (χ2v) is 8.70. The molecule has 0 bridgehead atoms. The highest BCUT2D eigenvalue weighted by atomic mass is 32.2. The summed E-state index contributed by atoms with van der Waals surface area (Å²) < 4.78 is 44.5. The van der Waals surface area contributed by atoms with Gasteiger partial charge in [-0.1, -0.05) is 6.08 Å². The largest absolute Gasteiger partial charge is 0.437 e. The van der Waals surface area contributed by atoms with Crippen LogP contribution in [0, 0.1) is 17.1 Å². The molecule has 8 nitrogen and oxygen atoms in total. The molecule has 2 aromatic heterocycles. The van der Waals surface area contributed by atoms with Crippen LogP contribution < -0.4 is 9.62 Å². The molecule has 31 heavy (non-hydrogen) atoms. The third-order valence-electron chi connectivity index (χ3n) is 4.63. The summed E-state index contributed by atoms with van der Waals surface area (Å²) in [7, 11) is -0.824. The third-order valence-corrected chi connectivity index (χ3v) is 5.79. The Balaban J connectivity index is 2.33. The molecule has 0 fully saturated rings. The number of carbonyl (C=O) groups excluding carboxylic acids is 1. The average molecular weight is 442 g/mol. The lowest BCUT2D eigenvalue weighted by Gasteiger charge is -2.18. The number of nitriles is 1. The molecule has 0 unspecified atom stereocenters. The zero-order valence-electron chi connectivity index (χ0n) is 17.0. The van der Waals surface area contributed by atoms with E-state index in [1.54, 1.807) is 12.1 Å². The predicted octanol–water partition coefficient (Wildman–Crippen LogP) is 3.01. The number of rotatable bonds is 6. The quantitative estimate of drug-likeness (QED) is 0.587. The maximum absolute atomic E-state index is 13.4. The van der Waals surface area contributed by atoms with E-state index in [9.17, 15) is 17.6 Å². The average Bonchev–Trinajstić information content (AvgIpc) is 3.10. The Morgan fingerprint density at radius 1 is 1.35 bits per heavy atom. The zero-order chi connectivity index (χ0) is 22.8. The molecule has 0 aliphatic carbocycles. The number of furan rings is 1. The summed E-state index contributed by atoms with van der Waals surface area (Å²) in [5, 5.41) is 11.7. The number of carbonyl (C=O) groups is 1. The summed E-state index contributed by atoms with van der Waals surface area (Å²) >= 11 is 0. The molecule has 3 rings (SSSR count). The van der Waals surface area contributed by atoms with Gasteiger partial charge in [0.05, 0.1) is 23.3 Å². The van der Waals surface area contributed by atoms with Crippen molar-refractivity contribution in [2.45, 2.75) is 6.42 Å². The van der Waals surface area contributed by atoms with Gasteiger partial charge < -0.3 is 9.73 Å². The van der Waals surface area contributed by atoms with Crippen LogP contribution in [0.3, 0.4) is 0 Å². The fraction of sp³-hybridized carbons (Fsp3) is 0.190. The van der Waals surface area contributed by atoms with Gasteiger partial charge in [-0.05, 0) is 36.8 Å². The normalized spacial score (nSPS) is 11.6. The van der Waals surface area contributed by atoms with Crippen LogP contribution in [0.4, 0.5) is 10.2 Å². The van der Waals surface area contributed by atoms with Crippen molar-refractivity contribution >= 4 is 32.8 Å². The van der Waals surface area contributed by atoms with Gasteiger partial charge in [0, 0.05) is 31.3 Å². The van der Waals surface area contributed by atoms with Gasteiger partial charge in [-0.2, -0.15) is 10.2 Å². The molecule has 0 aliphatic rings. The van der Waals surface area contributed by atoms with Crippen molar-refractivity contribution in [1.29, 1.82) is 5.26 Å². The number of pyridine rings is 1. The summed E-state index contributed by atoms with van der Waals surface area (Å²) in [6.45, 7) is 0. The highest BCUT2D eigenvalue weighted by Gasteiger charge is 2.26. The van der Waals surface area contributed by atoms with E-state index in [0.717, 1.165) is 10.6 Å². The van der Waals surface area contributed by atoms with Gasteiger partial charge >= 0.3 is 0 Å². The molecule has 0 saturated heterocycles. The van der Waals surface area contributed by atoms with Crippen LogP contribution in [-0.2, 0) is 16.4 Å². The number of sulfonamides is 1. The van der Waals surface area contributed by atoms with Crippen LogP contribution in [0.1, 0.15) is 15.9 Å². The second-order valence-electron chi connectivity index (χ2n) is 6.68. The van der Waals surface area contributed by atoms with E-state index in [0.29, 0.717) is 16.5 Å². The molecular weight excluding hydrogens is 423 g/mol. The first kappa shape index (κ1) is 22.0. The van der Waals surface area contributed by atoms with Crippen molar-refractivity contribution in [2.75, 3.05) is 24.7 Å². The molecule has 10 heteroatoms. The fourth-order valence-electron chi connectivity index (χ4n) is 3.03. The molecular formula is C21H19FN4O4S. The van der Waals surface area contributed by atoms with E-state index in [1.165, 1.54) is 44.4 Å². The Morgan fingerprint density at radius 2 is 2.03 bits per heavy atom. The van der Waals surface area contributed by atoms with Gasteiger partial charge in [-0.15, -0.1) is 0 Å². The maximum atomic E-state index is 13.4. The Morgan fingerprint density at radius 3 is 2.61 bits per heavy atom. The summed E-state index contributed by atoms with van der Waals surface area (Å²) in [5.41, 5.74) is 1.18. The zero-order valence-corrected chi connectivity index (χ0v) is 17.8. The molecule has 1 amide bonds. The minimum Gasteiger partial charge on any atom is -0.437 e. The van der Waals surface area contributed by atoms with Crippen LogP contribution in [0.15, 0.2) is 46.9 Å². The van der Waals surface area contributed by atoms with Crippen molar-refractivity contribution < 1.29 is 22.0 Å². The van der Waals surface area contributed by atoms with Crippen molar-refractivity contribution in [3.63, 3.8) is 0 Å². The van der Waals surface area contributed by atoms with Crippen LogP contribution in [0.2, 0.25) is 0 Å². The number of nitrogens with one attached hydrogen (secondary N) is 1. The van der Waals surface area contributed by atoms with Crippen LogP contribution in [0.5, 0.6) is 0 Å². The highest BCUT2D eigenvalue weighted by molar-refractivity contribution is 7.92. The van der Waals surface area contributed by atoms with E-state index < -0.39 is 21.7 Å². The van der Waals surface area contributed by atoms with Gasteiger partial charge in [0.1, 0.15) is 17.4 Å². The number of fused-ring (bicyclic) bond motifs is 1. The number of hydrogen-bond donors (Lipinski definition) is 1. The second kappa shape index (κ2) is 8.57. The Labute approximate surface area is 178 Å². The summed E-state index contributed by atoms with van der Waals surface area (Å²) in [6, 6.07) is 8.92. The van der Waals surface area contributed by atoms with Gasteiger partial charge in [0.15, 0.2) is 0 Å². The summed E-state index contributed by atoms with van der Waals surface area (Å²) in [5.74, 6) is -0.592. The van der Waals surface area contributed by atoms with E-state index in [4.69, 9.17) is 9.68 Å². The van der Waals surface area contributed by atoms with Crippen LogP contribution in [0.25, 0.3) is 22.4 Å². The van der Waals surface area contributed by atoms with Crippen molar-refractivity contribution in [2.24, 2.45) is 0 Å². The molecule has 3 aromatic rings. The lowest BCUT2D eigenvalue weighted by Crippen LogP contribution is -2.27. The van der Waals surface area contributed by atoms with Gasteiger partial charge in [0.25, 0.3) is 5.91 Å². The Bertz CT molecular complexity index is 1320. The minimum atomic E-state index is -3.64. The van der Waals surface area contributed by atoms with Crippen molar-refractivity contribution in [3.8, 4) is 17.4 Å². The first-order valence-corrected chi connectivity index (χ1v) is 10.9. The maximum Gasteiger partial charge on any atom is 0.255 e. The number of amides is 1. The van der Waals surface area contributed by atoms with Crippen molar-refractivity contribution in [1.82, 2.24) is 10.3 Å². The smallest absolute Gasteiger partial charge is 0.255 e.